The lowest BCUT2D eigenvalue weighted by atomic mass is 10.1. The Morgan fingerprint density at radius 1 is 1.13 bits per heavy atom. The average molecular weight is 214 g/mol. The zero-order chi connectivity index (χ0) is 11.7. The van der Waals surface area contributed by atoms with Crippen molar-refractivity contribution in [1.29, 1.82) is 0 Å². The Morgan fingerprint density at radius 2 is 1.73 bits per heavy atom. The molecule has 0 aromatic carbocycles. The van der Waals surface area contributed by atoms with Crippen molar-refractivity contribution in [1.82, 2.24) is 4.90 Å². The van der Waals surface area contributed by atoms with Crippen LogP contribution >= 0.6 is 0 Å². The highest BCUT2D eigenvalue weighted by atomic mass is 16.2. The number of carbonyl (C=O) groups excluding carboxylic acids is 2. The monoisotopic (exact) mass is 214 g/mol. The van der Waals surface area contributed by atoms with Crippen LogP contribution in [0.3, 0.4) is 0 Å². The lowest BCUT2D eigenvalue weighted by Gasteiger charge is -2.15. The first kappa shape index (κ1) is 13.9. The quantitative estimate of drug-likeness (QED) is 0.489. The number of carbonyl (C=O) groups is 2. The molecule has 2 amide bonds. The predicted octanol–water partition coefficient (Wildman–Crippen LogP) is 1.29. The van der Waals surface area contributed by atoms with Crippen molar-refractivity contribution in [2.75, 3.05) is 13.6 Å². The van der Waals surface area contributed by atoms with Crippen LogP contribution < -0.4 is 5.73 Å². The van der Waals surface area contributed by atoms with Gasteiger partial charge in [0.05, 0.1) is 0 Å². The van der Waals surface area contributed by atoms with E-state index in [1.807, 2.05) is 0 Å². The van der Waals surface area contributed by atoms with Gasteiger partial charge in [-0.1, -0.05) is 32.6 Å². The molecular formula is C11H22N2O2. The highest BCUT2D eigenvalue weighted by Gasteiger charge is 2.10. The van der Waals surface area contributed by atoms with Crippen LogP contribution in [0.2, 0.25) is 0 Å². The first-order valence-corrected chi connectivity index (χ1v) is 5.60. The number of amides is 2. The van der Waals surface area contributed by atoms with Gasteiger partial charge in [-0.15, -0.1) is 0 Å². The van der Waals surface area contributed by atoms with E-state index in [1.165, 1.54) is 19.3 Å². The molecule has 0 fully saturated rings. The van der Waals surface area contributed by atoms with Crippen molar-refractivity contribution in [3.05, 3.63) is 0 Å². The lowest BCUT2D eigenvalue weighted by molar-refractivity contribution is -0.134. The summed E-state index contributed by atoms with van der Waals surface area (Å²) < 4.78 is 0. The van der Waals surface area contributed by atoms with E-state index in [2.05, 4.69) is 6.92 Å². The Morgan fingerprint density at radius 3 is 2.27 bits per heavy atom. The average Bonchev–Trinajstić information content (AvgIpc) is 2.16. The third kappa shape index (κ3) is 7.97. The molecule has 4 heteroatoms. The van der Waals surface area contributed by atoms with Crippen LogP contribution in [0.25, 0.3) is 0 Å². The van der Waals surface area contributed by atoms with Crippen molar-refractivity contribution in [2.24, 2.45) is 5.73 Å². The predicted molar refractivity (Wildman–Crippen MR) is 60.2 cm³/mol. The molecule has 0 spiro atoms. The molecule has 0 saturated carbocycles. The molecule has 0 unspecified atom stereocenters. The summed E-state index contributed by atoms with van der Waals surface area (Å²) in [7, 11) is 1.71. The first-order chi connectivity index (χ1) is 7.07. The molecule has 0 rings (SSSR count). The van der Waals surface area contributed by atoms with Gasteiger partial charge in [0, 0.05) is 13.6 Å². The summed E-state index contributed by atoms with van der Waals surface area (Å²) in [6, 6.07) is 0. The number of nitrogens with two attached hydrogens (primary N) is 1. The van der Waals surface area contributed by atoms with Crippen molar-refractivity contribution in [3.63, 3.8) is 0 Å². The van der Waals surface area contributed by atoms with Gasteiger partial charge >= 0.3 is 0 Å². The Labute approximate surface area is 91.8 Å². The van der Waals surface area contributed by atoms with E-state index < -0.39 is 5.91 Å². The van der Waals surface area contributed by atoms with Gasteiger partial charge in [-0.05, 0) is 6.42 Å². The van der Waals surface area contributed by atoms with E-state index in [-0.39, 0.29) is 12.3 Å². The van der Waals surface area contributed by atoms with Crippen molar-refractivity contribution in [3.8, 4) is 0 Å². The standard InChI is InChI=1S/C11H22N2O2/c1-3-4-5-6-7-8-13(2)11(15)9-10(12)14/h3-9H2,1-2H3,(H2,12,14). The maximum Gasteiger partial charge on any atom is 0.231 e. The van der Waals surface area contributed by atoms with E-state index in [1.54, 1.807) is 11.9 Å². The number of hydrogen-bond donors (Lipinski definition) is 1. The normalized spacial score (nSPS) is 10.0. The summed E-state index contributed by atoms with van der Waals surface area (Å²) in [5.74, 6) is -0.740. The second-order valence-electron chi connectivity index (χ2n) is 3.87. The molecule has 4 nitrogen and oxygen atoms in total. The fraction of sp³-hybridized carbons (Fsp3) is 0.818. The smallest absolute Gasteiger partial charge is 0.231 e. The van der Waals surface area contributed by atoms with Gasteiger partial charge in [-0.3, -0.25) is 9.59 Å². The van der Waals surface area contributed by atoms with Gasteiger partial charge in [0.25, 0.3) is 0 Å². The van der Waals surface area contributed by atoms with Crippen LogP contribution in [0.1, 0.15) is 45.4 Å². The van der Waals surface area contributed by atoms with Crippen LogP contribution in [-0.4, -0.2) is 30.3 Å². The number of rotatable bonds is 8. The SMILES string of the molecule is CCCCCCCN(C)C(=O)CC(N)=O. The Bertz CT molecular complexity index is 205. The van der Waals surface area contributed by atoms with Crippen molar-refractivity contribution < 1.29 is 9.59 Å². The number of hydrogen-bond acceptors (Lipinski definition) is 2. The summed E-state index contributed by atoms with van der Waals surface area (Å²) in [6.07, 6.45) is 5.65. The molecule has 0 aliphatic rings. The fourth-order valence-electron chi connectivity index (χ4n) is 1.36. The van der Waals surface area contributed by atoms with Gasteiger partial charge in [-0.25, -0.2) is 0 Å². The second kappa shape index (κ2) is 8.26. The highest BCUT2D eigenvalue weighted by molar-refractivity contribution is 5.95. The third-order valence-electron chi connectivity index (χ3n) is 2.35. The zero-order valence-corrected chi connectivity index (χ0v) is 9.79. The molecule has 0 aliphatic heterocycles. The largest absolute Gasteiger partial charge is 0.369 e. The summed E-state index contributed by atoms with van der Waals surface area (Å²) in [5.41, 5.74) is 4.94. The molecule has 0 radical (unpaired) electrons. The van der Waals surface area contributed by atoms with Gasteiger partial charge in [0.15, 0.2) is 0 Å². The molecular weight excluding hydrogens is 192 g/mol. The minimum atomic E-state index is -0.558. The minimum Gasteiger partial charge on any atom is -0.369 e. The van der Waals surface area contributed by atoms with Crippen LogP contribution in [0.4, 0.5) is 0 Å². The molecule has 0 saturated heterocycles. The zero-order valence-electron chi connectivity index (χ0n) is 9.79. The first-order valence-electron chi connectivity index (χ1n) is 5.60. The second-order valence-corrected chi connectivity index (χ2v) is 3.87. The summed E-state index contributed by atoms with van der Waals surface area (Å²) in [4.78, 5) is 23.4. The molecule has 0 aliphatic carbocycles. The van der Waals surface area contributed by atoms with E-state index in [0.717, 1.165) is 19.4 Å². The third-order valence-corrected chi connectivity index (χ3v) is 2.35. The van der Waals surface area contributed by atoms with E-state index in [4.69, 9.17) is 5.73 Å². The lowest BCUT2D eigenvalue weighted by Crippen LogP contribution is -2.31. The molecule has 0 aromatic heterocycles. The molecule has 15 heavy (non-hydrogen) atoms. The van der Waals surface area contributed by atoms with Gasteiger partial charge < -0.3 is 10.6 Å². The Hall–Kier alpha value is -1.06. The summed E-state index contributed by atoms with van der Waals surface area (Å²) in [6.45, 7) is 2.89. The molecule has 88 valence electrons. The van der Waals surface area contributed by atoms with Crippen LogP contribution in [-0.2, 0) is 9.59 Å². The van der Waals surface area contributed by atoms with Crippen LogP contribution in [0, 0.1) is 0 Å². The van der Waals surface area contributed by atoms with Gasteiger partial charge in [0.1, 0.15) is 6.42 Å². The minimum absolute atomic E-state index is 0.175. The topological polar surface area (TPSA) is 63.4 Å². The molecule has 0 bridgehead atoms. The highest BCUT2D eigenvalue weighted by Crippen LogP contribution is 2.03. The molecule has 0 aromatic rings. The fourth-order valence-corrected chi connectivity index (χ4v) is 1.36. The van der Waals surface area contributed by atoms with Crippen molar-refractivity contribution in [2.45, 2.75) is 45.4 Å². The maximum absolute atomic E-state index is 11.3. The van der Waals surface area contributed by atoms with Crippen LogP contribution in [0.5, 0.6) is 0 Å². The number of unbranched alkanes of at least 4 members (excludes halogenated alkanes) is 4. The molecule has 0 atom stereocenters. The maximum atomic E-state index is 11.3. The van der Waals surface area contributed by atoms with E-state index in [0.29, 0.717) is 0 Å². The van der Waals surface area contributed by atoms with Crippen LogP contribution in [0.15, 0.2) is 0 Å². The van der Waals surface area contributed by atoms with E-state index >= 15 is 0 Å². The van der Waals surface area contributed by atoms with Gasteiger partial charge in [-0.2, -0.15) is 0 Å². The Balaban J connectivity index is 3.51. The Kier molecular flexibility index (Phi) is 7.68. The summed E-state index contributed by atoms with van der Waals surface area (Å²) in [5, 5.41) is 0. The summed E-state index contributed by atoms with van der Waals surface area (Å²) >= 11 is 0. The molecule has 0 heterocycles. The number of primary amides is 1. The number of nitrogens with zero attached hydrogens (tertiary/aromatic N) is 1. The van der Waals surface area contributed by atoms with Gasteiger partial charge in [0.2, 0.25) is 11.8 Å². The van der Waals surface area contributed by atoms with E-state index in [9.17, 15) is 9.59 Å². The molecule has 2 N–H and O–H groups in total. The van der Waals surface area contributed by atoms with Crippen molar-refractivity contribution >= 4 is 11.8 Å².